The summed E-state index contributed by atoms with van der Waals surface area (Å²) in [5.41, 5.74) is 0.197. The zero-order chi connectivity index (χ0) is 16.3. The van der Waals surface area contributed by atoms with Crippen molar-refractivity contribution in [1.29, 1.82) is 0 Å². The average molecular weight is 308 g/mol. The molecule has 0 radical (unpaired) electrons. The van der Waals surface area contributed by atoms with Crippen LogP contribution in [0, 0.1) is 5.82 Å². The number of urea groups is 1. The van der Waals surface area contributed by atoms with Crippen LogP contribution in [0.15, 0.2) is 24.3 Å². The fourth-order valence-corrected chi connectivity index (χ4v) is 1.86. The van der Waals surface area contributed by atoms with E-state index in [1.165, 1.54) is 24.1 Å². The van der Waals surface area contributed by atoms with E-state index in [0.29, 0.717) is 0 Å². The third-order valence-electron chi connectivity index (χ3n) is 3.05. The lowest BCUT2D eigenvalue weighted by Gasteiger charge is -2.13. The number of carbonyl (C=O) groups is 4. The van der Waals surface area contributed by atoms with Gasteiger partial charge in [-0.2, -0.15) is 0 Å². The molecule has 0 bridgehead atoms. The van der Waals surface area contributed by atoms with Crippen LogP contribution in [-0.2, 0) is 14.3 Å². The van der Waals surface area contributed by atoms with Crippen LogP contribution in [0.25, 0.3) is 0 Å². The summed E-state index contributed by atoms with van der Waals surface area (Å²) in [5.74, 6) is -2.37. The Labute approximate surface area is 125 Å². The molecule has 1 aliphatic heterocycles. The molecule has 2 rings (SSSR count). The van der Waals surface area contributed by atoms with Crippen molar-refractivity contribution >= 4 is 23.7 Å². The molecule has 1 aliphatic rings. The lowest BCUT2D eigenvalue weighted by Crippen LogP contribution is -2.37. The minimum atomic E-state index is -0.868. The van der Waals surface area contributed by atoms with Gasteiger partial charge in [0.15, 0.2) is 12.4 Å². The van der Waals surface area contributed by atoms with E-state index in [2.05, 4.69) is 0 Å². The lowest BCUT2D eigenvalue weighted by atomic mass is 10.1. The Hall–Kier alpha value is -2.77. The molecular formula is C14H13FN2O5. The van der Waals surface area contributed by atoms with Gasteiger partial charge in [0.2, 0.25) is 0 Å². The number of amides is 3. The summed E-state index contributed by atoms with van der Waals surface area (Å²) in [6.45, 7) is -1.18. The van der Waals surface area contributed by atoms with Crippen LogP contribution in [0.3, 0.4) is 0 Å². The number of ketones is 1. The van der Waals surface area contributed by atoms with Gasteiger partial charge in [0.25, 0.3) is 5.91 Å². The Kier molecular flexibility index (Phi) is 4.50. The number of nitrogens with zero attached hydrogens (tertiary/aromatic N) is 2. The number of Topliss-reactive ketones (excluding diaryl/α,β-unsaturated/α-hetero) is 1. The summed E-state index contributed by atoms with van der Waals surface area (Å²) in [5, 5.41) is 0. The predicted molar refractivity (Wildman–Crippen MR) is 71.4 cm³/mol. The molecule has 0 aromatic heterocycles. The van der Waals surface area contributed by atoms with Crippen LogP contribution in [0.1, 0.15) is 10.4 Å². The zero-order valence-corrected chi connectivity index (χ0v) is 11.7. The maximum Gasteiger partial charge on any atom is 0.327 e. The maximum atomic E-state index is 12.7. The summed E-state index contributed by atoms with van der Waals surface area (Å²) in [4.78, 5) is 48.3. The van der Waals surface area contributed by atoms with E-state index in [9.17, 15) is 23.6 Å². The summed E-state index contributed by atoms with van der Waals surface area (Å²) in [6, 6.07) is 4.19. The van der Waals surface area contributed by atoms with Crippen molar-refractivity contribution in [1.82, 2.24) is 9.80 Å². The molecular weight excluding hydrogens is 295 g/mol. The molecule has 0 saturated carbocycles. The number of esters is 1. The first kappa shape index (κ1) is 15.6. The highest BCUT2D eigenvalue weighted by atomic mass is 19.1. The number of benzene rings is 1. The maximum absolute atomic E-state index is 12.7. The van der Waals surface area contributed by atoms with E-state index in [4.69, 9.17) is 4.74 Å². The summed E-state index contributed by atoms with van der Waals surface area (Å²) in [6.07, 6.45) is 0. The number of likely N-dealkylation sites (N-methyl/N-ethyl adjacent to an activating group) is 1. The van der Waals surface area contributed by atoms with Crippen molar-refractivity contribution in [3.63, 3.8) is 0 Å². The van der Waals surface area contributed by atoms with Crippen LogP contribution >= 0.6 is 0 Å². The molecule has 1 saturated heterocycles. The van der Waals surface area contributed by atoms with Gasteiger partial charge in [0.05, 0.1) is 0 Å². The van der Waals surface area contributed by atoms with Crippen LogP contribution in [-0.4, -0.2) is 60.2 Å². The summed E-state index contributed by atoms with van der Waals surface area (Å²) in [7, 11) is 1.43. The zero-order valence-electron chi connectivity index (χ0n) is 11.7. The van der Waals surface area contributed by atoms with Crippen molar-refractivity contribution < 1.29 is 28.3 Å². The molecule has 1 heterocycles. The summed E-state index contributed by atoms with van der Waals surface area (Å²) >= 11 is 0. The highest BCUT2D eigenvalue weighted by Crippen LogP contribution is 2.08. The topological polar surface area (TPSA) is 84.0 Å². The average Bonchev–Trinajstić information content (AvgIpc) is 2.72. The van der Waals surface area contributed by atoms with Crippen LogP contribution < -0.4 is 0 Å². The Morgan fingerprint density at radius 2 is 1.86 bits per heavy atom. The van der Waals surface area contributed by atoms with Crippen molar-refractivity contribution in [2.24, 2.45) is 0 Å². The molecule has 8 heteroatoms. The largest absolute Gasteiger partial charge is 0.456 e. The van der Waals surface area contributed by atoms with Gasteiger partial charge in [-0.1, -0.05) is 0 Å². The van der Waals surface area contributed by atoms with Gasteiger partial charge in [-0.25, -0.2) is 9.18 Å². The molecule has 1 aromatic rings. The molecule has 116 valence electrons. The quantitative estimate of drug-likeness (QED) is 0.448. The molecule has 0 aliphatic carbocycles. The first-order chi connectivity index (χ1) is 10.4. The van der Waals surface area contributed by atoms with Crippen molar-refractivity contribution in [3.8, 4) is 0 Å². The van der Waals surface area contributed by atoms with E-state index in [0.717, 1.165) is 17.0 Å². The second kappa shape index (κ2) is 6.33. The van der Waals surface area contributed by atoms with Gasteiger partial charge >= 0.3 is 12.0 Å². The van der Waals surface area contributed by atoms with E-state index in [1.807, 2.05) is 0 Å². The van der Waals surface area contributed by atoms with E-state index in [1.54, 1.807) is 0 Å². The van der Waals surface area contributed by atoms with Crippen molar-refractivity contribution in [2.45, 2.75) is 0 Å². The van der Waals surface area contributed by atoms with Crippen molar-refractivity contribution in [2.75, 3.05) is 26.7 Å². The second-order valence-electron chi connectivity index (χ2n) is 4.71. The Bertz CT molecular complexity index is 629. The molecule has 1 fully saturated rings. The Morgan fingerprint density at radius 3 is 2.41 bits per heavy atom. The van der Waals surface area contributed by atoms with Gasteiger partial charge in [0.1, 0.15) is 18.9 Å². The standard InChI is InChI=1S/C14H13FN2O5/c1-16-6-12(19)17(14(16)21)7-13(20)22-8-11(18)9-2-4-10(15)5-3-9/h2-5H,6-8H2,1H3. The first-order valence-electron chi connectivity index (χ1n) is 6.38. The van der Waals surface area contributed by atoms with Gasteiger partial charge in [-0.3, -0.25) is 19.3 Å². The third-order valence-corrected chi connectivity index (χ3v) is 3.05. The summed E-state index contributed by atoms with van der Waals surface area (Å²) < 4.78 is 17.5. The van der Waals surface area contributed by atoms with E-state index in [-0.39, 0.29) is 12.1 Å². The minimum absolute atomic E-state index is 0.0966. The normalized spacial score (nSPS) is 14.5. The fraction of sp³-hybridized carbons (Fsp3) is 0.286. The van der Waals surface area contributed by atoms with Gasteiger partial charge < -0.3 is 9.64 Å². The van der Waals surface area contributed by atoms with Crippen LogP contribution in [0.4, 0.5) is 9.18 Å². The monoisotopic (exact) mass is 308 g/mol. The smallest absolute Gasteiger partial charge is 0.327 e. The van der Waals surface area contributed by atoms with E-state index < -0.39 is 42.7 Å². The molecule has 7 nitrogen and oxygen atoms in total. The molecule has 22 heavy (non-hydrogen) atoms. The van der Waals surface area contributed by atoms with Crippen molar-refractivity contribution in [3.05, 3.63) is 35.6 Å². The molecule has 0 spiro atoms. The second-order valence-corrected chi connectivity index (χ2v) is 4.71. The minimum Gasteiger partial charge on any atom is -0.456 e. The van der Waals surface area contributed by atoms with Gasteiger partial charge in [-0.15, -0.1) is 0 Å². The molecule has 0 atom stereocenters. The SMILES string of the molecule is CN1CC(=O)N(CC(=O)OCC(=O)c2ccc(F)cc2)C1=O. The molecule has 0 N–H and O–H groups in total. The van der Waals surface area contributed by atoms with Gasteiger partial charge in [0, 0.05) is 12.6 Å². The first-order valence-corrected chi connectivity index (χ1v) is 6.38. The number of imide groups is 1. The third kappa shape index (κ3) is 3.46. The number of ether oxygens (including phenoxy) is 1. The number of hydrogen-bond acceptors (Lipinski definition) is 5. The molecule has 0 unspecified atom stereocenters. The lowest BCUT2D eigenvalue weighted by molar-refractivity contribution is -0.145. The highest BCUT2D eigenvalue weighted by Gasteiger charge is 2.35. The predicted octanol–water partition coefficient (Wildman–Crippen LogP) is 0.446. The van der Waals surface area contributed by atoms with Gasteiger partial charge in [-0.05, 0) is 24.3 Å². The molecule has 1 aromatic carbocycles. The number of carbonyl (C=O) groups excluding carboxylic acids is 4. The Balaban J connectivity index is 1.85. The molecule has 3 amide bonds. The van der Waals surface area contributed by atoms with Crippen LogP contribution in [0.2, 0.25) is 0 Å². The van der Waals surface area contributed by atoms with E-state index >= 15 is 0 Å². The number of rotatable bonds is 5. The van der Waals surface area contributed by atoms with Crippen LogP contribution in [0.5, 0.6) is 0 Å². The Morgan fingerprint density at radius 1 is 1.23 bits per heavy atom. The fourth-order valence-electron chi connectivity index (χ4n) is 1.86. The number of halogens is 1. The number of hydrogen-bond donors (Lipinski definition) is 0. The highest BCUT2D eigenvalue weighted by molar-refractivity contribution is 6.04.